The van der Waals surface area contributed by atoms with Crippen molar-refractivity contribution < 1.29 is 9.90 Å². The molecule has 1 aromatic heterocycles. The van der Waals surface area contributed by atoms with Gasteiger partial charge < -0.3 is 20.4 Å². The Bertz CT molecular complexity index is 409. The number of carbonyl (C=O) groups excluding carboxylic acids is 1. The van der Waals surface area contributed by atoms with Crippen LogP contribution in [0.5, 0.6) is 0 Å². The van der Waals surface area contributed by atoms with E-state index >= 15 is 0 Å². The first kappa shape index (κ1) is 12.5. The second-order valence-electron chi connectivity index (χ2n) is 4.00. The van der Waals surface area contributed by atoms with Gasteiger partial charge >= 0.3 is 5.69 Å². The number of hydrogen-bond acceptors (Lipinski definition) is 3. The van der Waals surface area contributed by atoms with Gasteiger partial charge in [0.05, 0.1) is 0 Å². The maximum Gasteiger partial charge on any atom is 0.323 e. The minimum Gasteiger partial charge on any atom is -0.396 e. The molecule has 6 heteroatoms. The van der Waals surface area contributed by atoms with E-state index in [1.807, 2.05) is 13.8 Å². The number of aliphatic hydroxyl groups excluding tert-OH is 1. The van der Waals surface area contributed by atoms with E-state index in [1.165, 1.54) is 6.20 Å². The standard InChI is InChI=1S/C10H17N3O3/c1-3-10(2,4-5-14)13-8(15)7-6-11-9(16)12-7/h6,14H,3-5H2,1-2H3,(H,13,15)(H2,11,12,16). The number of imidazole rings is 1. The van der Waals surface area contributed by atoms with Crippen LogP contribution in [-0.4, -0.2) is 33.1 Å². The predicted octanol–water partition coefficient (Wildman–Crippen LogP) is -0.0161. The molecule has 0 aromatic carbocycles. The SMILES string of the molecule is CCC(C)(CCO)NC(=O)c1c[nH]c(=O)[nH]1. The summed E-state index contributed by atoms with van der Waals surface area (Å²) >= 11 is 0. The maximum atomic E-state index is 11.7. The number of carbonyl (C=O) groups is 1. The quantitative estimate of drug-likeness (QED) is 0.569. The molecule has 1 atom stereocenters. The molecule has 1 unspecified atom stereocenters. The van der Waals surface area contributed by atoms with Gasteiger partial charge in [0.1, 0.15) is 5.69 Å². The zero-order chi connectivity index (χ0) is 12.2. The van der Waals surface area contributed by atoms with Crippen LogP contribution in [0.15, 0.2) is 11.0 Å². The van der Waals surface area contributed by atoms with Crippen molar-refractivity contribution in [2.45, 2.75) is 32.2 Å². The summed E-state index contributed by atoms with van der Waals surface area (Å²) in [4.78, 5) is 27.3. The average Bonchev–Trinajstić information content (AvgIpc) is 2.65. The molecule has 0 aliphatic rings. The highest BCUT2D eigenvalue weighted by atomic mass is 16.3. The van der Waals surface area contributed by atoms with Crippen LogP contribution in [0.2, 0.25) is 0 Å². The lowest BCUT2D eigenvalue weighted by Gasteiger charge is -2.28. The van der Waals surface area contributed by atoms with Gasteiger partial charge in [-0.15, -0.1) is 0 Å². The first-order valence-electron chi connectivity index (χ1n) is 5.22. The van der Waals surface area contributed by atoms with Crippen LogP contribution < -0.4 is 11.0 Å². The van der Waals surface area contributed by atoms with E-state index in [-0.39, 0.29) is 18.2 Å². The van der Waals surface area contributed by atoms with Crippen LogP contribution in [0.3, 0.4) is 0 Å². The molecule has 0 aliphatic carbocycles. The van der Waals surface area contributed by atoms with E-state index < -0.39 is 11.2 Å². The third-order valence-corrected chi connectivity index (χ3v) is 2.70. The number of H-pyrrole nitrogens is 2. The Labute approximate surface area is 93.1 Å². The maximum absolute atomic E-state index is 11.7. The summed E-state index contributed by atoms with van der Waals surface area (Å²) in [6.45, 7) is 3.79. The molecule has 0 saturated heterocycles. The molecule has 0 fully saturated rings. The Hall–Kier alpha value is -1.56. The number of nitrogens with one attached hydrogen (secondary N) is 3. The molecule has 90 valence electrons. The third-order valence-electron chi connectivity index (χ3n) is 2.70. The van der Waals surface area contributed by atoms with Gasteiger partial charge in [-0.2, -0.15) is 0 Å². The fraction of sp³-hybridized carbons (Fsp3) is 0.600. The second-order valence-corrected chi connectivity index (χ2v) is 4.00. The Morgan fingerprint density at radius 2 is 2.31 bits per heavy atom. The molecule has 1 heterocycles. The summed E-state index contributed by atoms with van der Waals surface area (Å²) in [5, 5.41) is 11.7. The first-order chi connectivity index (χ1) is 7.50. The number of aliphatic hydroxyl groups is 1. The van der Waals surface area contributed by atoms with Crippen molar-refractivity contribution in [1.29, 1.82) is 0 Å². The van der Waals surface area contributed by atoms with Gasteiger partial charge in [0.15, 0.2) is 0 Å². The van der Waals surface area contributed by atoms with Crippen LogP contribution in [0.25, 0.3) is 0 Å². The van der Waals surface area contributed by atoms with E-state index in [2.05, 4.69) is 15.3 Å². The first-order valence-corrected chi connectivity index (χ1v) is 5.22. The number of rotatable bonds is 5. The van der Waals surface area contributed by atoms with Gasteiger partial charge in [0.2, 0.25) is 0 Å². The molecule has 16 heavy (non-hydrogen) atoms. The molecule has 4 N–H and O–H groups in total. The largest absolute Gasteiger partial charge is 0.396 e. The zero-order valence-corrected chi connectivity index (χ0v) is 9.46. The molecular weight excluding hydrogens is 210 g/mol. The van der Waals surface area contributed by atoms with Crippen LogP contribution in [0.4, 0.5) is 0 Å². The predicted molar refractivity (Wildman–Crippen MR) is 59.3 cm³/mol. The Morgan fingerprint density at radius 1 is 1.62 bits per heavy atom. The van der Waals surface area contributed by atoms with Crippen molar-refractivity contribution in [2.24, 2.45) is 0 Å². The number of aromatic nitrogens is 2. The molecule has 0 spiro atoms. The van der Waals surface area contributed by atoms with Crippen LogP contribution in [-0.2, 0) is 0 Å². The zero-order valence-electron chi connectivity index (χ0n) is 9.46. The molecule has 0 saturated carbocycles. The molecule has 0 aliphatic heterocycles. The second kappa shape index (κ2) is 4.98. The van der Waals surface area contributed by atoms with Crippen molar-refractivity contribution in [3.8, 4) is 0 Å². The molecule has 1 amide bonds. The smallest absolute Gasteiger partial charge is 0.323 e. The van der Waals surface area contributed by atoms with E-state index in [0.717, 1.165) is 0 Å². The summed E-state index contributed by atoms with van der Waals surface area (Å²) in [6, 6.07) is 0. The highest BCUT2D eigenvalue weighted by molar-refractivity contribution is 5.92. The van der Waals surface area contributed by atoms with Crippen LogP contribution in [0, 0.1) is 0 Å². The minimum absolute atomic E-state index is 0.00821. The van der Waals surface area contributed by atoms with Crippen molar-refractivity contribution >= 4 is 5.91 Å². The fourth-order valence-corrected chi connectivity index (χ4v) is 1.37. The van der Waals surface area contributed by atoms with Gasteiger partial charge in [-0.25, -0.2) is 4.79 Å². The lowest BCUT2D eigenvalue weighted by atomic mass is 9.95. The van der Waals surface area contributed by atoms with Gasteiger partial charge in [0, 0.05) is 18.3 Å². The summed E-state index contributed by atoms with van der Waals surface area (Å²) in [6.07, 6.45) is 2.50. The summed E-state index contributed by atoms with van der Waals surface area (Å²) in [7, 11) is 0. The van der Waals surface area contributed by atoms with Crippen molar-refractivity contribution in [3.05, 3.63) is 22.4 Å². The van der Waals surface area contributed by atoms with Gasteiger partial charge in [-0.3, -0.25) is 4.79 Å². The topological polar surface area (TPSA) is 98.0 Å². The van der Waals surface area contributed by atoms with E-state index in [4.69, 9.17) is 5.11 Å². The molecular formula is C10H17N3O3. The number of amides is 1. The summed E-state index contributed by atoms with van der Waals surface area (Å²) in [5.41, 5.74) is -0.673. The van der Waals surface area contributed by atoms with Gasteiger partial charge in [-0.1, -0.05) is 6.92 Å². The summed E-state index contributed by atoms with van der Waals surface area (Å²) in [5.74, 6) is -0.351. The van der Waals surface area contributed by atoms with E-state index in [1.54, 1.807) is 0 Å². The highest BCUT2D eigenvalue weighted by Gasteiger charge is 2.24. The monoisotopic (exact) mass is 227 g/mol. The van der Waals surface area contributed by atoms with Crippen molar-refractivity contribution in [2.75, 3.05) is 6.61 Å². The lowest BCUT2D eigenvalue weighted by molar-refractivity contribution is 0.0881. The van der Waals surface area contributed by atoms with Crippen LogP contribution >= 0.6 is 0 Å². The van der Waals surface area contributed by atoms with Crippen LogP contribution in [0.1, 0.15) is 37.2 Å². The molecule has 1 aromatic rings. The molecule has 0 radical (unpaired) electrons. The number of hydrogen-bond donors (Lipinski definition) is 4. The van der Waals surface area contributed by atoms with Crippen molar-refractivity contribution in [3.63, 3.8) is 0 Å². The molecule has 0 bridgehead atoms. The van der Waals surface area contributed by atoms with Crippen molar-refractivity contribution in [1.82, 2.24) is 15.3 Å². The average molecular weight is 227 g/mol. The Morgan fingerprint density at radius 3 is 2.75 bits per heavy atom. The minimum atomic E-state index is -0.458. The fourth-order valence-electron chi connectivity index (χ4n) is 1.37. The van der Waals surface area contributed by atoms with Gasteiger partial charge in [0.25, 0.3) is 5.91 Å². The lowest BCUT2D eigenvalue weighted by Crippen LogP contribution is -2.46. The number of aromatic amines is 2. The normalized spacial score (nSPS) is 14.4. The third kappa shape index (κ3) is 2.96. The molecule has 1 rings (SSSR count). The highest BCUT2D eigenvalue weighted by Crippen LogP contribution is 2.14. The van der Waals surface area contributed by atoms with Gasteiger partial charge in [-0.05, 0) is 19.8 Å². The van der Waals surface area contributed by atoms with E-state index in [0.29, 0.717) is 12.8 Å². The molecule has 6 nitrogen and oxygen atoms in total. The Kier molecular flexibility index (Phi) is 3.89. The van der Waals surface area contributed by atoms with E-state index in [9.17, 15) is 9.59 Å². The Balaban J connectivity index is 2.73. The summed E-state index contributed by atoms with van der Waals surface area (Å²) < 4.78 is 0.